The smallest absolute Gasteiger partial charge is 0.0486 e. The Morgan fingerprint density at radius 2 is 1.79 bits per heavy atom. The Morgan fingerprint density at radius 3 is 2.32 bits per heavy atom. The molecule has 19 heavy (non-hydrogen) atoms. The first-order valence-corrected chi connectivity index (χ1v) is 7.23. The van der Waals surface area contributed by atoms with Crippen molar-refractivity contribution in [1.29, 1.82) is 0 Å². The average molecular weight is 261 g/mol. The molecule has 0 saturated carbocycles. The maximum Gasteiger partial charge on any atom is 0.0486 e. The van der Waals surface area contributed by atoms with Crippen LogP contribution in [0.5, 0.6) is 0 Å². The van der Waals surface area contributed by atoms with E-state index in [1.807, 2.05) is 0 Å². The van der Waals surface area contributed by atoms with Crippen molar-refractivity contribution in [1.82, 2.24) is 14.8 Å². The Morgan fingerprint density at radius 1 is 1.16 bits per heavy atom. The van der Waals surface area contributed by atoms with Gasteiger partial charge in [-0.25, -0.2) is 0 Å². The van der Waals surface area contributed by atoms with Crippen LogP contribution in [0.4, 0.5) is 0 Å². The fraction of sp³-hybridized carbons (Fsp3) is 0.688. The SMILES string of the molecule is Cc1cc(CN2CCN(C)CC2)cnc1C(C)(C)C. The number of piperazine rings is 1. The van der Waals surface area contributed by atoms with Gasteiger partial charge in [-0.3, -0.25) is 9.88 Å². The molecule has 0 atom stereocenters. The molecule has 0 amide bonds. The van der Waals surface area contributed by atoms with E-state index in [2.05, 4.69) is 56.8 Å². The lowest BCUT2D eigenvalue weighted by Crippen LogP contribution is -2.43. The fourth-order valence-corrected chi connectivity index (χ4v) is 2.77. The van der Waals surface area contributed by atoms with Crippen molar-refractivity contribution in [3.05, 3.63) is 29.1 Å². The summed E-state index contributed by atoms with van der Waals surface area (Å²) in [4.78, 5) is 9.61. The van der Waals surface area contributed by atoms with Gasteiger partial charge in [-0.1, -0.05) is 26.8 Å². The van der Waals surface area contributed by atoms with Crippen molar-refractivity contribution < 1.29 is 0 Å². The van der Waals surface area contributed by atoms with E-state index in [9.17, 15) is 0 Å². The molecule has 2 rings (SSSR count). The fourth-order valence-electron chi connectivity index (χ4n) is 2.77. The van der Waals surface area contributed by atoms with Gasteiger partial charge in [-0.05, 0) is 25.1 Å². The lowest BCUT2D eigenvalue weighted by atomic mass is 9.88. The maximum absolute atomic E-state index is 4.69. The zero-order chi connectivity index (χ0) is 14.0. The van der Waals surface area contributed by atoms with Gasteiger partial charge in [-0.2, -0.15) is 0 Å². The van der Waals surface area contributed by atoms with Gasteiger partial charge in [0.05, 0.1) is 0 Å². The molecular weight excluding hydrogens is 234 g/mol. The quantitative estimate of drug-likeness (QED) is 0.815. The predicted octanol–water partition coefficient (Wildman–Crippen LogP) is 2.43. The summed E-state index contributed by atoms with van der Waals surface area (Å²) < 4.78 is 0. The van der Waals surface area contributed by atoms with Crippen LogP contribution in [0.3, 0.4) is 0 Å². The van der Waals surface area contributed by atoms with Crippen molar-refractivity contribution in [2.75, 3.05) is 33.2 Å². The number of rotatable bonds is 2. The van der Waals surface area contributed by atoms with Crippen LogP contribution in [0, 0.1) is 6.92 Å². The average Bonchev–Trinajstić information content (AvgIpc) is 2.30. The van der Waals surface area contributed by atoms with Gasteiger partial charge in [0.15, 0.2) is 0 Å². The second-order valence-electron chi connectivity index (χ2n) is 6.84. The molecular formula is C16H27N3. The molecule has 0 unspecified atom stereocenters. The first-order chi connectivity index (χ1) is 8.86. The largest absolute Gasteiger partial charge is 0.304 e. The van der Waals surface area contributed by atoms with Gasteiger partial charge in [0.2, 0.25) is 0 Å². The van der Waals surface area contributed by atoms with Crippen molar-refractivity contribution in [2.45, 2.75) is 39.7 Å². The molecule has 106 valence electrons. The molecule has 0 bridgehead atoms. The molecule has 3 nitrogen and oxygen atoms in total. The van der Waals surface area contributed by atoms with Crippen LogP contribution in [0.2, 0.25) is 0 Å². The predicted molar refractivity (Wildman–Crippen MR) is 80.4 cm³/mol. The lowest BCUT2D eigenvalue weighted by molar-refractivity contribution is 0.148. The molecule has 1 saturated heterocycles. The Hall–Kier alpha value is -0.930. The number of likely N-dealkylation sites (N-methyl/N-ethyl adjacent to an activating group) is 1. The number of nitrogens with zero attached hydrogens (tertiary/aromatic N) is 3. The van der Waals surface area contributed by atoms with Crippen LogP contribution in [-0.4, -0.2) is 48.0 Å². The van der Waals surface area contributed by atoms with E-state index in [1.54, 1.807) is 0 Å². The van der Waals surface area contributed by atoms with Gasteiger partial charge >= 0.3 is 0 Å². The Balaban J connectivity index is 2.04. The van der Waals surface area contributed by atoms with Gasteiger partial charge in [0.1, 0.15) is 0 Å². The number of hydrogen-bond donors (Lipinski definition) is 0. The van der Waals surface area contributed by atoms with E-state index in [4.69, 9.17) is 4.98 Å². The molecule has 1 aliphatic rings. The van der Waals surface area contributed by atoms with Crippen molar-refractivity contribution in [3.8, 4) is 0 Å². The van der Waals surface area contributed by atoms with Crippen LogP contribution in [0.1, 0.15) is 37.6 Å². The number of aromatic nitrogens is 1. The molecule has 0 spiro atoms. The van der Waals surface area contributed by atoms with Crippen molar-refractivity contribution in [3.63, 3.8) is 0 Å². The molecule has 1 fully saturated rings. The van der Waals surface area contributed by atoms with Crippen LogP contribution in [-0.2, 0) is 12.0 Å². The Labute approximate surface area is 117 Å². The minimum Gasteiger partial charge on any atom is -0.304 e. The summed E-state index contributed by atoms with van der Waals surface area (Å²) in [5.41, 5.74) is 4.01. The monoisotopic (exact) mass is 261 g/mol. The van der Waals surface area contributed by atoms with Gasteiger partial charge in [0.25, 0.3) is 0 Å². The minimum atomic E-state index is 0.135. The number of aryl methyl sites for hydroxylation is 1. The van der Waals surface area contributed by atoms with Gasteiger partial charge < -0.3 is 4.90 Å². The Kier molecular flexibility index (Phi) is 4.26. The standard InChI is InChI=1S/C16H27N3/c1-13-10-14(11-17-15(13)16(2,3)4)12-19-8-6-18(5)7-9-19/h10-11H,6-9,12H2,1-5H3. The highest BCUT2D eigenvalue weighted by Crippen LogP contribution is 2.24. The second kappa shape index (κ2) is 5.59. The third kappa shape index (κ3) is 3.77. The van der Waals surface area contributed by atoms with Crippen molar-refractivity contribution >= 4 is 0 Å². The van der Waals surface area contributed by atoms with E-state index in [1.165, 1.54) is 29.9 Å². The highest BCUT2D eigenvalue weighted by molar-refractivity contribution is 5.28. The molecule has 0 aromatic carbocycles. The Bertz CT molecular complexity index is 426. The third-order valence-electron chi connectivity index (χ3n) is 3.85. The van der Waals surface area contributed by atoms with Crippen LogP contribution < -0.4 is 0 Å². The lowest BCUT2D eigenvalue weighted by Gasteiger charge is -2.32. The van der Waals surface area contributed by atoms with Crippen LogP contribution in [0.25, 0.3) is 0 Å². The summed E-state index contributed by atoms with van der Waals surface area (Å²) in [6.45, 7) is 14.6. The topological polar surface area (TPSA) is 19.4 Å². The summed E-state index contributed by atoms with van der Waals surface area (Å²) in [7, 11) is 2.20. The molecule has 3 heteroatoms. The number of pyridine rings is 1. The molecule has 2 heterocycles. The minimum absolute atomic E-state index is 0.135. The molecule has 1 aliphatic heterocycles. The number of hydrogen-bond acceptors (Lipinski definition) is 3. The molecule has 0 N–H and O–H groups in total. The van der Waals surface area contributed by atoms with Gasteiger partial charge in [0, 0.05) is 50.0 Å². The molecule has 1 aromatic rings. The summed E-state index contributed by atoms with van der Waals surface area (Å²) >= 11 is 0. The molecule has 0 radical (unpaired) electrons. The third-order valence-corrected chi connectivity index (χ3v) is 3.85. The summed E-state index contributed by atoms with van der Waals surface area (Å²) in [6.07, 6.45) is 2.06. The molecule has 0 aliphatic carbocycles. The van der Waals surface area contributed by atoms with E-state index >= 15 is 0 Å². The zero-order valence-electron chi connectivity index (χ0n) is 13.0. The highest BCUT2D eigenvalue weighted by atomic mass is 15.2. The van der Waals surface area contributed by atoms with E-state index < -0.39 is 0 Å². The molecule has 1 aromatic heterocycles. The van der Waals surface area contributed by atoms with E-state index in [0.717, 1.165) is 19.6 Å². The zero-order valence-corrected chi connectivity index (χ0v) is 13.0. The first-order valence-electron chi connectivity index (χ1n) is 7.23. The van der Waals surface area contributed by atoms with Crippen LogP contribution in [0.15, 0.2) is 12.3 Å². The summed E-state index contributed by atoms with van der Waals surface area (Å²) in [5.74, 6) is 0. The summed E-state index contributed by atoms with van der Waals surface area (Å²) in [5, 5.41) is 0. The maximum atomic E-state index is 4.69. The normalized spacial score (nSPS) is 18.8. The first kappa shape index (κ1) is 14.5. The van der Waals surface area contributed by atoms with Crippen LogP contribution >= 0.6 is 0 Å². The van der Waals surface area contributed by atoms with Crippen molar-refractivity contribution in [2.24, 2.45) is 0 Å². The summed E-state index contributed by atoms with van der Waals surface area (Å²) in [6, 6.07) is 2.31. The second-order valence-corrected chi connectivity index (χ2v) is 6.84. The van der Waals surface area contributed by atoms with E-state index in [-0.39, 0.29) is 5.41 Å². The highest BCUT2D eigenvalue weighted by Gasteiger charge is 2.19. The van der Waals surface area contributed by atoms with Gasteiger partial charge in [-0.15, -0.1) is 0 Å². The van der Waals surface area contributed by atoms with E-state index in [0.29, 0.717) is 0 Å².